The second-order valence-corrected chi connectivity index (χ2v) is 13.9. The van der Waals surface area contributed by atoms with Crippen molar-refractivity contribution >= 4 is 11.6 Å². The highest BCUT2D eigenvalue weighted by Gasteiger charge is 2.20. The fourth-order valence-electron chi connectivity index (χ4n) is 6.56. The van der Waals surface area contributed by atoms with Crippen molar-refractivity contribution in [3.63, 3.8) is 0 Å². The van der Waals surface area contributed by atoms with E-state index in [2.05, 4.69) is 58.1 Å². The van der Waals surface area contributed by atoms with Crippen LogP contribution >= 0.6 is 11.6 Å². The van der Waals surface area contributed by atoms with Gasteiger partial charge in [0.15, 0.2) is 5.82 Å². The SMILES string of the molecule is Cc1nc(CN(C)Cc2cc(Cl)c(OCc3cccc(-c4cccc(OCCCN5CC[C@@H](O)C5)c4C)c3C)cc2OCc2cncc(C#N)c2)no1. The third-order valence-electron chi connectivity index (χ3n) is 9.38. The highest BCUT2D eigenvalue weighted by Crippen LogP contribution is 2.37. The molecule has 0 bridgehead atoms. The van der Waals surface area contributed by atoms with E-state index in [4.69, 9.17) is 30.3 Å². The molecule has 0 saturated carbocycles. The zero-order chi connectivity index (χ0) is 37.3. The molecule has 2 aromatic heterocycles. The van der Waals surface area contributed by atoms with E-state index in [-0.39, 0.29) is 12.7 Å². The molecule has 0 unspecified atom stereocenters. The van der Waals surface area contributed by atoms with Crippen LogP contribution in [0.5, 0.6) is 17.2 Å². The molecule has 1 fully saturated rings. The Morgan fingerprint density at radius 2 is 1.74 bits per heavy atom. The zero-order valence-corrected chi connectivity index (χ0v) is 31.4. The number of aromatic nitrogens is 3. The number of nitrogens with zero attached hydrogens (tertiary/aromatic N) is 6. The Balaban J connectivity index is 1.17. The maximum atomic E-state index is 9.80. The lowest BCUT2D eigenvalue weighted by Gasteiger charge is -2.20. The zero-order valence-electron chi connectivity index (χ0n) is 30.6. The van der Waals surface area contributed by atoms with Gasteiger partial charge in [-0.25, -0.2) is 0 Å². The summed E-state index contributed by atoms with van der Waals surface area (Å²) in [6.45, 7) is 10.7. The monoisotopic (exact) mass is 736 g/mol. The minimum atomic E-state index is -0.205. The Bertz CT molecular complexity index is 2060. The van der Waals surface area contributed by atoms with Crippen LogP contribution in [0.1, 0.15) is 57.9 Å². The molecule has 1 aliphatic heterocycles. The number of rotatable bonds is 16. The maximum absolute atomic E-state index is 9.80. The standard InChI is InChI=1S/C41H45ClN6O5/c1-27-32(8-5-9-35(27)36-10-6-11-38(28(36)2)50-15-7-13-48-14-12-34(49)23-48)26-52-40-18-39(51-25-31-16-30(19-43)20-44-21-31)33(17-37(40)42)22-47(4)24-41-45-29(3)53-46-41/h5-6,8-11,16-18,20-21,34,49H,7,12-15,22-26H2,1-4H3/t34-/m1/s1. The molecule has 276 valence electrons. The van der Waals surface area contributed by atoms with Gasteiger partial charge in [-0.05, 0) is 79.8 Å². The molecule has 11 nitrogen and oxygen atoms in total. The first-order chi connectivity index (χ1) is 25.7. The molecule has 3 heterocycles. The van der Waals surface area contributed by atoms with Crippen LogP contribution in [0.3, 0.4) is 0 Å². The van der Waals surface area contributed by atoms with E-state index >= 15 is 0 Å². The van der Waals surface area contributed by atoms with Gasteiger partial charge in [0.25, 0.3) is 0 Å². The van der Waals surface area contributed by atoms with Gasteiger partial charge in [-0.2, -0.15) is 10.2 Å². The van der Waals surface area contributed by atoms with Crippen LogP contribution in [0.4, 0.5) is 0 Å². The Hall–Kier alpha value is -4.99. The summed E-state index contributed by atoms with van der Waals surface area (Å²) in [7, 11) is 1.95. The van der Waals surface area contributed by atoms with Gasteiger partial charge in [-0.3, -0.25) is 9.88 Å². The summed E-state index contributed by atoms with van der Waals surface area (Å²) in [5.41, 5.74) is 7.51. The van der Waals surface area contributed by atoms with Gasteiger partial charge in [0, 0.05) is 62.7 Å². The predicted octanol–water partition coefficient (Wildman–Crippen LogP) is 7.21. The van der Waals surface area contributed by atoms with Crippen molar-refractivity contribution in [2.24, 2.45) is 0 Å². The van der Waals surface area contributed by atoms with Crippen molar-refractivity contribution in [1.82, 2.24) is 24.9 Å². The van der Waals surface area contributed by atoms with Crippen molar-refractivity contribution in [3.05, 3.63) is 117 Å². The fraction of sp³-hybridized carbons (Fsp3) is 0.366. The Morgan fingerprint density at radius 1 is 0.943 bits per heavy atom. The van der Waals surface area contributed by atoms with Gasteiger partial charge in [0.2, 0.25) is 5.89 Å². The average molecular weight is 737 g/mol. The van der Waals surface area contributed by atoms with Crippen LogP contribution < -0.4 is 14.2 Å². The van der Waals surface area contributed by atoms with Crippen LogP contribution in [0, 0.1) is 32.1 Å². The number of ether oxygens (including phenoxy) is 3. The van der Waals surface area contributed by atoms with E-state index in [0.717, 1.165) is 77.2 Å². The molecule has 1 atom stereocenters. The number of hydrogen-bond acceptors (Lipinski definition) is 11. The molecule has 1 aliphatic rings. The second-order valence-electron chi connectivity index (χ2n) is 13.5. The molecular formula is C41H45ClN6O5. The molecule has 0 spiro atoms. The molecular weight excluding hydrogens is 692 g/mol. The number of nitriles is 1. The fourth-order valence-corrected chi connectivity index (χ4v) is 6.80. The van der Waals surface area contributed by atoms with E-state index in [1.807, 2.05) is 42.3 Å². The Labute approximate surface area is 315 Å². The first-order valence-corrected chi connectivity index (χ1v) is 18.2. The minimum Gasteiger partial charge on any atom is -0.493 e. The average Bonchev–Trinajstić information content (AvgIpc) is 3.76. The summed E-state index contributed by atoms with van der Waals surface area (Å²) in [5, 5.41) is 23.6. The number of likely N-dealkylation sites (tertiary alicyclic amines) is 1. The summed E-state index contributed by atoms with van der Waals surface area (Å²) in [6, 6.07) is 20.0. The third kappa shape index (κ3) is 9.91. The first kappa shape index (κ1) is 37.8. The number of hydrogen-bond donors (Lipinski definition) is 1. The van der Waals surface area contributed by atoms with E-state index < -0.39 is 0 Å². The minimum absolute atomic E-state index is 0.205. The van der Waals surface area contributed by atoms with Crippen molar-refractivity contribution in [2.45, 2.75) is 66.0 Å². The summed E-state index contributed by atoms with van der Waals surface area (Å²) in [5.74, 6) is 3.05. The predicted molar refractivity (Wildman–Crippen MR) is 202 cm³/mol. The number of benzene rings is 3. The van der Waals surface area contributed by atoms with E-state index in [1.165, 1.54) is 6.20 Å². The molecule has 0 amide bonds. The summed E-state index contributed by atoms with van der Waals surface area (Å²) in [6.07, 6.45) is 4.75. The lowest BCUT2D eigenvalue weighted by Crippen LogP contribution is -2.24. The van der Waals surface area contributed by atoms with Crippen molar-refractivity contribution in [3.8, 4) is 34.4 Å². The molecule has 12 heteroatoms. The summed E-state index contributed by atoms with van der Waals surface area (Å²) >= 11 is 6.86. The second kappa shape index (κ2) is 17.7. The topological polar surface area (TPSA) is 130 Å². The van der Waals surface area contributed by atoms with Crippen LogP contribution in [0.15, 0.2) is 71.5 Å². The smallest absolute Gasteiger partial charge is 0.223 e. The van der Waals surface area contributed by atoms with Gasteiger partial charge in [0.1, 0.15) is 36.5 Å². The number of pyridine rings is 1. The first-order valence-electron chi connectivity index (χ1n) is 17.8. The Morgan fingerprint density at radius 3 is 2.49 bits per heavy atom. The summed E-state index contributed by atoms with van der Waals surface area (Å²) < 4.78 is 24.1. The molecule has 3 aromatic carbocycles. The van der Waals surface area contributed by atoms with Crippen molar-refractivity contribution in [2.75, 3.05) is 33.3 Å². The lowest BCUT2D eigenvalue weighted by molar-refractivity contribution is 0.173. The molecule has 1 N–H and O–H groups in total. The van der Waals surface area contributed by atoms with Crippen LogP contribution in [-0.4, -0.2) is 69.4 Å². The lowest BCUT2D eigenvalue weighted by atomic mass is 9.93. The van der Waals surface area contributed by atoms with E-state index in [9.17, 15) is 10.4 Å². The van der Waals surface area contributed by atoms with Crippen LogP contribution in [-0.2, 0) is 26.3 Å². The molecule has 0 radical (unpaired) electrons. The summed E-state index contributed by atoms with van der Waals surface area (Å²) in [4.78, 5) is 12.8. The van der Waals surface area contributed by atoms with Crippen LogP contribution in [0.2, 0.25) is 5.02 Å². The maximum Gasteiger partial charge on any atom is 0.223 e. The third-order valence-corrected chi connectivity index (χ3v) is 9.68. The van der Waals surface area contributed by atoms with Crippen LogP contribution in [0.25, 0.3) is 11.1 Å². The van der Waals surface area contributed by atoms with Gasteiger partial charge >= 0.3 is 0 Å². The molecule has 5 aromatic rings. The molecule has 1 saturated heterocycles. The number of aryl methyl sites for hydroxylation is 1. The number of halogens is 1. The molecule has 53 heavy (non-hydrogen) atoms. The van der Waals surface area contributed by atoms with Crippen molar-refractivity contribution in [1.29, 1.82) is 5.26 Å². The quantitative estimate of drug-likeness (QED) is 0.103. The Kier molecular flexibility index (Phi) is 12.6. The van der Waals surface area contributed by atoms with E-state index in [0.29, 0.717) is 60.1 Å². The largest absolute Gasteiger partial charge is 0.493 e. The number of aliphatic hydroxyl groups is 1. The van der Waals surface area contributed by atoms with Crippen molar-refractivity contribution < 1.29 is 23.8 Å². The highest BCUT2D eigenvalue weighted by molar-refractivity contribution is 6.32. The van der Waals surface area contributed by atoms with Gasteiger partial charge in [0.05, 0.1) is 29.8 Å². The molecule has 6 rings (SSSR count). The highest BCUT2D eigenvalue weighted by atomic mass is 35.5. The normalized spacial score (nSPS) is 14.4. The number of β-amino-alcohol motifs (C(OH)–C–C–N with tert-alkyl or cyclic N) is 1. The molecule has 0 aliphatic carbocycles. The number of aliphatic hydroxyl groups excluding tert-OH is 1. The van der Waals surface area contributed by atoms with Gasteiger partial charge < -0.3 is 28.7 Å². The van der Waals surface area contributed by atoms with Gasteiger partial charge in [-0.15, -0.1) is 0 Å². The van der Waals surface area contributed by atoms with E-state index in [1.54, 1.807) is 19.2 Å². The van der Waals surface area contributed by atoms with Gasteiger partial charge in [-0.1, -0.05) is 47.1 Å².